The lowest BCUT2D eigenvalue weighted by Crippen LogP contribution is -2.17. The average molecular weight is 231 g/mol. The van der Waals surface area contributed by atoms with E-state index in [1.807, 2.05) is 0 Å². The molecule has 17 heavy (non-hydrogen) atoms. The Morgan fingerprint density at radius 2 is 2.00 bits per heavy atom. The SMILES string of the molecule is Cc1ccc2nc(C(C)(C)C)c(CCN)n2c1. The van der Waals surface area contributed by atoms with E-state index in [9.17, 15) is 0 Å². The van der Waals surface area contributed by atoms with Gasteiger partial charge in [-0.15, -0.1) is 0 Å². The first-order valence-electron chi connectivity index (χ1n) is 6.11. The van der Waals surface area contributed by atoms with Crippen LogP contribution in [0, 0.1) is 6.92 Å². The van der Waals surface area contributed by atoms with Crippen molar-refractivity contribution in [2.24, 2.45) is 5.73 Å². The van der Waals surface area contributed by atoms with Gasteiger partial charge in [0, 0.05) is 23.7 Å². The summed E-state index contributed by atoms with van der Waals surface area (Å²) in [5, 5.41) is 0. The Labute approximate surface area is 103 Å². The molecule has 0 saturated carbocycles. The van der Waals surface area contributed by atoms with Crippen LogP contribution in [0.5, 0.6) is 0 Å². The van der Waals surface area contributed by atoms with Gasteiger partial charge in [-0.1, -0.05) is 26.8 Å². The lowest BCUT2D eigenvalue weighted by Gasteiger charge is -2.17. The fourth-order valence-electron chi connectivity index (χ4n) is 2.18. The summed E-state index contributed by atoms with van der Waals surface area (Å²) in [6.07, 6.45) is 3.01. The van der Waals surface area contributed by atoms with Crippen LogP contribution in [-0.2, 0) is 11.8 Å². The van der Waals surface area contributed by atoms with Crippen molar-refractivity contribution >= 4 is 5.65 Å². The fraction of sp³-hybridized carbons (Fsp3) is 0.500. The Bertz CT molecular complexity index is 532. The van der Waals surface area contributed by atoms with Crippen LogP contribution in [0.4, 0.5) is 0 Å². The molecule has 0 bridgehead atoms. The molecule has 0 unspecified atom stereocenters. The molecule has 0 aliphatic rings. The van der Waals surface area contributed by atoms with E-state index < -0.39 is 0 Å². The van der Waals surface area contributed by atoms with Gasteiger partial charge in [-0.25, -0.2) is 4.98 Å². The molecule has 0 aliphatic heterocycles. The van der Waals surface area contributed by atoms with Gasteiger partial charge in [-0.2, -0.15) is 0 Å². The third-order valence-corrected chi connectivity index (χ3v) is 2.96. The van der Waals surface area contributed by atoms with Crippen molar-refractivity contribution in [3.63, 3.8) is 0 Å². The van der Waals surface area contributed by atoms with E-state index in [0.29, 0.717) is 6.54 Å². The largest absolute Gasteiger partial charge is 0.330 e. The van der Waals surface area contributed by atoms with Crippen molar-refractivity contribution in [3.8, 4) is 0 Å². The van der Waals surface area contributed by atoms with Gasteiger partial charge in [0.1, 0.15) is 5.65 Å². The first-order chi connectivity index (χ1) is 7.93. The average Bonchev–Trinajstić information content (AvgIpc) is 2.57. The minimum absolute atomic E-state index is 0.0599. The molecule has 0 radical (unpaired) electrons. The molecule has 0 amide bonds. The van der Waals surface area contributed by atoms with Gasteiger partial charge in [0.05, 0.1) is 5.69 Å². The van der Waals surface area contributed by atoms with Crippen molar-refractivity contribution in [1.29, 1.82) is 0 Å². The minimum atomic E-state index is 0.0599. The van der Waals surface area contributed by atoms with Crippen molar-refractivity contribution in [2.45, 2.75) is 39.5 Å². The highest BCUT2D eigenvalue weighted by atomic mass is 15.0. The van der Waals surface area contributed by atoms with E-state index >= 15 is 0 Å². The second kappa shape index (κ2) is 4.15. The van der Waals surface area contributed by atoms with Crippen LogP contribution in [0.1, 0.15) is 37.7 Å². The van der Waals surface area contributed by atoms with Gasteiger partial charge >= 0.3 is 0 Å². The number of hydrogen-bond acceptors (Lipinski definition) is 2. The first kappa shape index (κ1) is 12.1. The number of fused-ring (bicyclic) bond motifs is 1. The second-order valence-electron chi connectivity index (χ2n) is 5.63. The molecule has 0 atom stereocenters. The maximum Gasteiger partial charge on any atom is 0.137 e. The molecular formula is C14H21N3. The summed E-state index contributed by atoms with van der Waals surface area (Å²) >= 11 is 0. The number of nitrogens with zero attached hydrogens (tertiary/aromatic N) is 2. The van der Waals surface area contributed by atoms with Gasteiger partial charge in [0.2, 0.25) is 0 Å². The van der Waals surface area contributed by atoms with E-state index in [1.54, 1.807) is 0 Å². The molecule has 2 N–H and O–H groups in total. The van der Waals surface area contributed by atoms with E-state index in [1.165, 1.54) is 11.3 Å². The molecule has 0 saturated heterocycles. The maximum absolute atomic E-state index is 5.72. The third-order valence-electron chi connectivity index (χ3n) is 2.96. The van der Waals surface area contributed by atoms with Crippen LogP contribution in [0.25, 0.3) is 5.65 Å². The maximum atomic E-state index is 5.72. The van der Waals surface area contributed by atoms with Gasteiger partial charge < -0.3 is 10.1 Å². The summed E-state index contributed by atoms with van der Waals surface area (Å²) in [6.45, 7) is 9.35. The number of nitrogens with two attached hydrogens (primary N) is 1. The monoisotopic (exact) mass is 231 g/mol. The predicted molar refractivity (Wildman–Crippen MR) is 71.4 cm³/mol. The highest BCUT2D eigenvalue weighted by Crippen LogP contribution is 2.26. The quantitative estimate of drug-likeness (QED) is 0.862. The summed E-state index contributed by atoms with van der Waals surface area (Å²) in [6, 6.07) is 4.17. The molecule has 2 heterocycles. The smallest absolute Gasteiger partial charge is 0.137 e. The topological polar surface area (TPSA) is 43.3 Å². The van der Waals surface area contributed by atoms with Crippen molar-refractivity contribution in [2.75, 3.05) is 6.54 Å². The Morgan fingerprint density at radius 3 is 2.59 bits per heavy atom. The van der Waals surface area contributed by atoms with Crippen LogP contribution < -0.4 is 5.73 Å². The van der Waals surface area contributed by atoms with Crippen molar-refractivity contribution in [3.05, 3.63) is 35.3 Å². The van der Waals surface area contributed by atoms with Crippen molar-refractivity contribution < 1.29 is 0 Å². The number of aryl methyl sites for hydroxylation is 1. The summed E-state index contributed by atoms with van der Waals surface area (Å²) in [7, 11) is 0. The van der Waals surface area contributed by atoms with E-state index in [0.717, 1.165) is 17.8 Å². The highest BCUT2D eigenvalue weighted by molar-refractivity contribution is 5.46. The standard InChI is InChI=1S/C14H21N3/c1-10-5-6-12-16-13(14(2,3)4)11(7-8-15)17(12)9-10/h5-6,9H,7-8,15H2,1-4H3. The molecule has 0 spiro atoms. The van der Waals surface area contributed by atoms with E-state index in [-0.39, 0.29) is 5.41 Å². The minimum Gasteiger partial charge on any atom is -0.330 e. The molecule has 92 valence electrons. The molecule has 2 aromatic rings. The Kier molecular flexibility index (Phi) is 2.96. The molecule has 2 aromatic heterocycles. The predicted octanol–water partition coefficient (Wildman–Crippen LogP) is 2.44. The lowest BCUT2D eigenvalue weighted by atomic mass is 9.90. The van der Waals surface area contributed by atoms with Crippen LogP contribution in [0.15, 0.2) is 18.3 Å². The van der Waals surface area contributed by atoms with E-state index in [4.69, 9.17) is 10.7 Å². The summed E-state index contributed by atoms with van der Waals surface area (Å²) in [5.74, 6) is 0. The molecule has 0 aromatic carbocycles. The zero-order chi connectivity index (χ0) is 12.6. The lowest BCUT2D eigenvalue weighted by molar-refractivity contribution is 0.563. The molecule has 0 fully saturated rings. The van der Waals surface area contributed by atoms with Crippen LogP contribution >= 0.6 is 0 Å². The fourth-order valence-corrected chi connectivity index (χ4v) is 2.18. The van der Waals surface area contributed by atoms with Crippen LogP contribution in [0.3, 0.4) is 0 Å². The first-order valence-corrected chi connectivity index (χ1v) is 6.11. The van der Waals surface area contributed by atoms with E-state index in [2.05, 4.69) is 50.4 Å². The van der Waals surface area contributed by atoms with Crippen LogP contribution in [0.2, 0.25) is 0 Å². The normalized spacial score (nSPS) is 12.3. The van der Waals surface area contributed by atoms with Crippen molar-refractivity contribution in [1.82, 2.24) is 9.38 Å². The summed E-state index contributed by atoms with van der Waals surface area (Å²) < 4.78 is 2.18. The van der Waals surface area contributed by atoms with Gasteiger partial charge in [-0.3, -0.25) is 0 Å². The molecule has 0 aliphatic carbocycles. The van der Waals surface area contributed by atoms with Gasteiger partial charge in [-0.05, 0) is 25.1 Å². The number of hydrogen-bond donors (Lipinski definition) is 1. The third kappa shape index (κ3) is 2.20. The van der Waals surface area contributed by atoms with Crippen LogP contribution in [-0.4, -0.2) is 15.9 Å². The molecular weight excluding hydrogens is 210 g/mol. The highest BCUT2D eigenvalue weighted by Gasteiger charge is 2.23. The number of imidazole rings is 1. The zero-order valence-corrected chi connectivity index (χ0v) is 11.1. The molecule has 3 heteroatoms. The molecule has 3 nitrogen and oxygen atoms in total. The number of aromatic nitrogens is 2. The Morgan fingerprint density at radius 1 is 1.29 bits per heavy atom. The second-order valence-corrected chi connectivity index (χ2v) is 5.63. The zero-order valence-electron chi connectivity index (χ0n) is 11.1. The number of pyridine rings is 1. The summed E-state index contributed by atoms with van der Waals surface area (Å²) in [4.78, 5) is 4.75. The Balaban J connectivity index is 2.71. The number of rotatable bonds is 2. The molecule has 2 rings (SSSR count). The van der Waals surface area contributed by atoms with Gasteiger partial charge in [0.25, 0.3) is 0 Å². The summed E-state index contributed by atoms with van der Waals surface area (Å²) in [5.41, 5.74) is 10.5. The Hall–Kier alpha value is -1.35. The van der Waals surface area contributed by atoms with Gasteiger partial charge in [0.15, 0.2) is 0 Å².